The Hall–Kier alpha value is -1.02. The summed E-state index contributed by atoms with van der Waals surface area (Å²) >= 11 is 0. The van der Waals surface area contributed by atoms with Gasteiger partial charge in [0, 0.05) is 17.9 Å². The summed E-state index contributed by atoms with van der Waals surface area (Å²) in [6.45, 7) is 8.86. The van der Waals surface area contributed by atoms with Gasteiger partial charge in [0.1, 0.15) is 11.9 Å². The SMILES string of the molecule is CCC1(CC)C(NC)CC1Oc1cccc(C)c1C. The normalized spacial score (nSPS) is 24.9. The van der Waals surface area contributed by atoms with Gasteiger partial charge >= 0.3 is 0 Å². The van der Waals surface area contributed by atoms with Crippen LogP contribution in [0.25, 0.3) is 0 Å². The summed E-state index contributed by atoms with van der Waals surface area (Å²) in [6, 6.07) is 6.93. The number of nitrogens with one attached hydrogen (secondary N) is 1. The monoisotopic (exact) mass is 261 g/mol. The van der Waals surface area contributed by atoms with Gasteiger partial charge in [-0.05, 0) is 50.9 Å². The van der Waals surface area contributed by atoms with Crippen LogP contribution in [0.5, 0.6) is 5.75 Å². The van der Waals surface area contributed by atoms with Gasteiger partial charge in [0.15, 0.2) is 0 Å². The highest BCUT2D eigenvalue weighted by molar-refractivity contribution is 5.38. The molecule has 106 valence electrons. The Labute approximate surface area is 117 Å². The lowest BCUT2D eigenvalue weighted by atomic mass is 9.58. The molecule has 2 nitrogen and oxygen atoms in total. The van der Waals surface area contributed by atoms with Crippen molar-refractivity contribution in [3.63, 3.8) is 0 Å². The molecule has 1 aromatic rings. The molecule has 0 aromatic heterocycles. The first kappa shape index (κ1) is 14.4. The van der Waals surface area contributed by atoms with E-state index in [1.54, 1.807) is 0 Å². The van der Waals surface area contributed by atoms with Gasteiger partial charge in [0.05, 0.1) is 0 Å². The van der Waals surface area contributed by atoms with Crippen LogP contribution in [0, 0.1) is 19.3 Å². The fourth-order valence-corrected chi connectivity index (χ4v) is 3.52. The molecule has 0 radical (unpaired) electrons. The van der Waals surface area contributed by atoms with Crippen LogP contribution < -0.4 is 10.1 Å². The quantitative estimate of drug-likeness (QED) is 0.869. The number of rotatable bonds is 5. The Bertz CT molecular complexity index is 437. The van der Waals surface area contributed by atoms with E-state index in [1.165, 1.54) is 24.0 Å². The summed E-state index contributed by atoms with van der Waals surface area (Å²) in [7, 11) is 2.07. The van der Waals surface area contributed by atoms with Crippen LogP contribution in [-0.4, -0.2) is 19.2 Å². The molecular formula is C17H27NO. The van der Waals surface area contributed by atoms with Crippen LogP contribution in [0.4, 0.5) is 0 Å². The van der Waals surface area contributed by atoms with E-state index in [0.717, 1.165) is 12.2 Å². The van der Waals surface area contributed by atoms with Gasteiger partial charge in [0.2, 0.25) is 0 Å². The molecule has 0 saturated heterocycles. The molecule has 1 N–H and O–H groups in total. The average Bonchev–Trinajstić information content (AvgIpc) is 2.40. The summed E-state index contributed by atoms with van der Waals surface area (Å²) < 4.78 is 6.35. The van der Waals surface area contributed by atoms with Crippen LogP contribution in [0.3, 0.4) is 0 Å². The van der Waals surface area contributed by atoms with Crippen molar-refractivity contribution in [2.24, 2.45) is 5.41 Å². The first-order valence-corrected chi connectivity index (χ1v) is 7.49. The van der Waals surface area contributed by atoms with Crippen LogP contribution in [0.2, 0.25) is 0 Å². The molecule has 0 amide bonds. The van der Waals surface area contributed by atoms with Gasteiger partial charge < -0.3 is 10.1 Å². The maximum atomic E-state index is 6.35. The average molecular weight is 261 g/mol. The van der Waals surface area contributed by atoms with Gasteiger partial charge in [-0.1, -0.05) is 26.0 Å². The summed E-state index contributed by atoms with van der Waals surface area (Å²) in [5.74, 6) is 1.06. The molecule has 2 unspecified atom stereocenters. The molecule has 0 spiro atoms. The predicted molar refractivity (Wildman–Crippen MR) is 80.8 cm³/mol. The van der Waals surface area contributed by atoms with E-state index in [1.807, 2.05) is 0 Å². The Morgan fingerprint density at radius 1 is 1.26 bits per heavy atom. The maximum absolute atomic E-state index is 6.35. The first-order valence-electron chi connectivity index (χ1n) is 7.49. The van der Waals surface area contributed by atoms with Crippen molar-refractivity contribution in [1.29, 1.82) is 0 Å². The van der Waals surface area contributed by atoms with Crippen LogP contribution in [0.1, 0.15) is 44.2 Å². The largest absolute Gasteiger partial charge is 0.489 e. The molecule has 0 heterocycles. The van der Waals surface area contributed by atoms with E-state index < -0.39 is 0 Å². The zero-order valence-corrected chi connectivity index (χ0v) is 12.9. The maximum Gasteiger partial charge on any atom is 0.122 e. The van der Waals surface area contributed by atoms with Crippen molar-refractivity contribution in [1.82, 2.24) is 5.32 Å². The number of aryl methyl sites for hydroxylation is 1. The van der Waals surface area contributed by atoms with Crippen molar-refractivity contribution in [2.75, 3.05) is 7.05 Å². The summed E-state index contributed by atoms with van der Waals surface area (Å²) in [5, 5.41) is 3.46. The molecule has 1 fully saturated rings. The second kappa shape index (κ2) is 5.54. The Morgan fingerprint density at radius 2 is 1.95 bits per heavy atom. The minimum Gasteiger partial charge on any atom is -0.489 e. The van der Waals surface area contributed by atoms with Gasteiger partial charge in [-0.3, -0.25) is 0 Å². The van der Waals surface area contributed by atoms with Gasteiger partial charge in [-0.25, -0.2) is 0 Å². The minimum atomic E-state index is 0.297. The van der Waals surface area contributed by atoms with Gasteiger partial charge in [-0.2, -0.15) is 0 Å². The van der Waals surface area contributed by atoms with Crippen molar-refractivity contribution in [3.05, 3.63) is 29.3 Å². The second-order valence-electron chi connectivity index (χ2n) is 5.82. The van der Waals surface area contributed by atoms with Crippen molar-refractivity contribution < 1.29 is 4.74 Å². The lowest BCUT2D eigenvalue weighted by Crippen LogP contribution is -2.63. The van der Waals surface area contributed by atoms with Crippen molar-refractivity contribution in [2.45, 2.75) is 59.1 Å². The highest BCUT2D eigenvalue weighted by atomic mass is 16.5. The van der Waals surface area contributed by atoms with E-state index in [0.29, 0.717) is 17.6 Å². The lowest BCUT2D eigenvalue weighted by molar-refractivity contribution is -0.0838. The van der Waals surface area contributed by atoms with E-state index in [-0.39, 0.29) is 0 Å². The molecular weight excluding hydrogens is 234 g/mol. The summed E-state index contributed by atoms with van der Waals surface area (Å²) in [6.07, 6.45) is 3.81. The summed E-state index contributed by atoms with van der Waals surface area (Å²) in [5.41, 5.74) is 2.88. The van der Waals surface area contributed by atoms with Gasteiger partial charge in [-0.15, -0.1) is 0 Å². The molecule has 2 heteroatoms. The molecule has 1 aliphatic rings. The van der Waals surface area contributed by atoms with Crippen molar-refractivity contribution >= 4 is 0 Å². The molecule has 0 bridgehead atoms. The topological polar surface area (TPSA) is 21.3 Å². The zero-order valence-electron chi connectivity index (χ0n) is 12.9. The fourth-order valence-electron chi connectivity index (χ4n) is 3.52. The number of benzene rings is 1. The third-order valence-corrected chi connectivity index (χ3v) is 5.27. The molecule has 19 heavy (non-hydrogen) atoms. The smallest absolute Gasteiger partial charge is 0.122 e. The van der Waals surface area contributed by atoms with E-state index in [2.05, 4.69) is 58.3 Å². The molecule has 1 aliphatic carbocycles. The second-order valence-corrected chi connectivity index (χ2v) is 5.82. The minimum absolute atomic E-state index is 0.297. The molecule has 1 saturated carbocycles. The molecule has 2 rings (SSSR count). The predicted octanol–water partition coefficient (Wildman–Crippen LogP) is 3.85. The third-order valence-electron chi connectivity index (χ3n) is 5.27. The molecule has 2 atom stereocenters. The molecule has 0 aliphatic heterocycles. The van der Waals surface area contributed by atoms with E-state index in [9.17, 15) is 0 Å². The number of ether oxygens (including phenoxy) is 1. The Balaban J connectivity index is 2.18. The third kappa shape index (κ3) is 2.27. The van der Waals surface area contributed by atoms with Crippen molar-refractivity contribution in [3.8, 4) is 5.75 Å². The summed E-state index contributed by atoms with van der Waals surface area (Å²) in [4.78, 5) is 0. The highest BCUT2D eigenvalue weighted by Gasteiger charge is 2.53. The first-order chi connectivity index (χ1) is 9.08. The fraction of sp³-hybridized carbons (Fsp3) is 0.647. The zero-order chi connectivity index (χ0) is 14.0. The van der Waals surface area contributed by atoms with Crippen LogP contribution >= 0.6 is 0 Å². The number of hydrogen-bond donors (Lipinski definition) is 1. The Kier molecular flexibility index (Phi) is 4.19. The van der Waals surface area contributed by atoms with Gasteiger partial charge in [0.25, 0.3) is 0 Å². The van der Waals surface area contributed by atoms with Crippen LogP contribution in [0.15, 0.2) is 18.2 Å². The van der Waals surface area contributed by atoms with E-state index in [4.69, 9.17) is 4.74 Å². The highest BCUT2D eigenvalue weighted by Crippen LogP contribution is 2.49. The standard InChI is InChI=1S/C17H27NO/c1-6-17(7-2)15(18-5)11-16(17)19-14-10-8-9-12(3)13(14)4/h8-10,15-16,18H,6-7,11H2,1-5H3. The molecule has 1 aromatic carbocycles. The lowest BCUT2D eigenvalue weighted by Gasteiger charge is -2.55. The van der Waals surface area contributed by atoms with Crippen LogP contribution in [-0.2, 0) is 0 Å². The Morgan fingerprint density at radius 3 is 2.53 bits per heavy atom. The number of hydrogen-bond acceptors (Lipinski definition) is 2. The van der Waals surface area contributed by atoms with E-state index >= 15 is 0 Å².